The van der Waals surface area contributed by atoms with E-state index in [9.17, 15) is 13.2 Å². The number of carbonyl (C=O) groups is 1. The van der Waals surface area contributed by atoms with Crippen molar-refractivity contribution >= 4 is 27.3 Å². The number of piperidine rings is 1. The van der Waals surface area contributed by atoms with E-state index < -0.39 is 10.0 Å². The molecule has 2 aromatic rings. The highest BCUT2D eigenvalue weighted by Crippen LogP contribution is 2.25. The van der Waals surface area contributed by atoms with Crippen LogP contribution in [0.15, 0.2) is 48.5 Å². The number of anilines is 2. The highest BCUT2D eigenvalue weighted by atomic mass is 32.2. The Balaban J connectivity index is 1.43. The normalized spacial score (nSPS) is 19.6. The van der Waals surface area contributed by atoms with Crippen molar-refractivity contribution in [1.82, 2.24) is 5.32 Å². The van der Waals surface area contributed by atoms with Crippen molar-refractivity contribution in [3.63, 3.8) is 0 Å². The van der Waals surface area contributed by atoms with E-state index in [4.69, 9.17) is 0 Å². The summed E-state index contributed by atoms with van der Waals surface area (Å²) in [5.41, 5.74) is 3.31. The number of amides is 1. The second kappa shape index (κ2) is 9.30. The van der Waals surface area contributed by atoms with Gasteiger partial charge in [0, 0.05) is 30.9 Å². The van der Waals surface area contributed by atoms with E-state index in [1.54, 1.807) is 24.3 Å². The molecule has 6 nitrogen and oxygen atoms in total. The Bertz CT molecular complexity index is 1010. The molecule has 7 heteroatoms. The summed E-state index contributed by atoms with van der Waals surface area (Å²) in [6, 6.07) is 15.2. The largest absolute Gasteiger partial charge is 0.372 e. The number of hydrogen-bond donors (Lipinski definition) is 1. The van der Waals surface area contributed by atoms with E-state index >= 15 is 0 Å². The fourth-order valence-corrected chi connectivity index (χ4v) is 6.00. The first-order valence-corrected chi connectivity index (χ1v) is 12.8. The SMILES string of the molecule is C[C@H](NC(=O)c1cccc(N2CCCCS2(=O)=O)c1)c1ccc(N2CCCCC2)cc1. The molecule has 0 bridgehead atoms. The second-order valence-corrected chi connectivity index (χ2v) is 10.5. The Kier molecular flexibility index (Phi) is 6.51. The monoisotopic (exact) mass is 441 g/mol. The molecule has 31 heavy (non-hydrogen) atoms. The molecule has 1 amide bonds. The maximum absolute atomic E-state index is 12.9. The summed E-state index contributed by atoms with van der Waals surface area (Å²) in [4.78, 5) is 15.3. The van der Waals surface area contributed by atoms with Gasteiger partial charge in [0.05, 0.1) is 17.5 Å². The van der Waals surface area contributed by atoms with Crippen LogP contribution in [0.1, 0.15) is 61.0 Å². The van der Waals surface area contributed by atoms with Gasteiger partial charge in [-0.2, -0.15) is 0 Å². The van der Waals surface area contributed by atoms with Crippen molar-refractivity contribution in [3.05, 3.63) is 59.7 Å². The highest BCUT2D eigenvalue weighted by molar-refractivity contribution is 7.92. The molecule has 0 unspecified atom stereocenters. The van der Waals surface area contributed by atoms with Gasteiger partial charge >= 0.3 is 0 Å². The molecule has 2 aliphatic heterocycles. The molecule has 1 atom stereocenters. The van der Waals surface area contributed by atoms with Gasteiger partial charge in [-0.1, -0.05) is 18.2 Å². The zero-order valence-corrected chi connectivity index (χ0v) is 18.9. The standard InChI is InChI=1S/C24H31N3O3S/c1-19(20-10-12-22(13-11-20)26-14-3-2-4-15-26)25-24(28)21-8-7-9-23(18-21)27-16-5-6-17-31(27,29)30/h7-13,18-19H,2-6,14-17H2,1H3,(H,25,28)/t19-/m0/s1. The number of nitrogens with zero attached hydrogens (tertiary/aromatic N) is 2. The van der Waals surface area contributed by atoms with Crippen LogP contribution in [-0.2, 0) is 10.0 Å². The van der Waals surface area contributed by atoms with E-state index in [0.29, 0.717) is 24.2 Å². The summed E-state index contributed by atoms with van der Waals surface area (Å²) in [6.07, 6.45) is 5.31. The quantitative estimate of drug-likeness (QED) is 0.759. The molecule has 2 aromatic carbocycles. The Morgan fingerprint density at radius 2 is 1.61 bits per heavy atom. The van der Waals surface area contributed by atoms with Crippen LogP contribution in [0.25, 0.3) is 0 Å². The lowest BCUT2D eigenvalue weighted by Gasteiger charge is -2.29. The molecule has 0 aromatic heterocycles. The first-order chi connectivity index (χ1) is 14.9. The van der Waals surface area contributed by atoms with Crippen molar-refractivity contribution in [2.24, 2.45) is 0 Å². The summed E-state index contributed by atoms with van der Waals surface area (Å²) in [7, 11) is -3.30. The molecule has 0 saturated carbocycles. The first-order valence-electron chi connectivity index (χ1n) is 11.2. The Hall–Kier alpha value is -2.54. The molecule has 2 heterocycles. The summed E-state index contributed by atoms with van der Waals surface area (Å²) < 4.78 is 26.2. The number of benzene rings is 2. The van der Waals surface area contributed by atoms with Gasteiger partial charge < -0.3 is 10.2 Å². The van der Waals surface area contributed by atoms with Gasteiger partial charge in [0.1, 0.15) is 0 Å². The van der Waals surface area contributed by atoms with Gasteiger partial charge in [0.15, 0.2) is 0 Å². The summed E-state index contributed by atoms with van der Waals surface area (Å²) >= 11 is 0. The summed E-state index contributed by atoms with van der Waals surface area (Å²) in [5, 5.41) is 3.04. The third-order valence-electron chi connectivity index (χ3n) is 6.21. The Labute approximate surface area is 185 Å². The molecular formula is C24H31N3O3S. The van der Waals surface area contributed by atoms with Crippen molar-refractivity contribution in [2.75, 3.05) is 34.6 Å². The van der Waals surface area contributed by atoms with E-state index in [1.165, 1.54) is 29.3 Å². The lowest BCUT2D eigenvalue weighted by Crippen LogP contribution is -2.38. The fraction of sp³-hybridized carbons (Fsp3) is 0.458. The van der Waals surface area contributed by atoms with E-state index in [0.717, 1.165) is 25.1 Å². The summed E-state index contributed by atoms with van der Waals surface area (Å²) in [5.74, 6) is -0.0442. The zero-order valence-electron chi connectivity index (χ0n) is 18.1. The van der Waals surface area contributed by atoms with Crippen molar-refractivity contribution in [2.45, 2.75) is 45.1 Å². The maximum Gasteiger partial charge on any atom is 0.251 e. The minimum atomic E-state index is -3.30. The Morgan fingerprint density at radius 3 is 2.32 bits per heavy atom. The van der Waals surface area contributed by atoms with Crippen LogP contribution in [0.4, 0.5) is 11.4 Å². The molecule has 2 fully saturated rings. The molecule has 0 spiro atoms. The first kappa shape index (κ1) is 21.7. The number of hydrogen-bond acceptors (Lipinski definition) is 4. The van der Waals surface area contributed by atoms with Crippen LogP contribution < -0.4 is 14.5 Å². The number of nitrogens with one attached hydrogen (secondary N) is 1. The molecule has 1 N–H and O–H groups in total. The minimum absolute atomic E-state index is 0.148. The molecule has 166 valence electrons. The van der Waals surface area contributed by atoms with Crippen molar-refractivity contribution < 1.29 is 13.2 Å². The molecule has 2 aliphatic rings. The van der Waals surface area contributed by atoms with Crippen LogP contribution >= 0.6 is 0 Å². The van der Waals surface area contributed by atoms with Gasteiger partial charge in [0.25, 0.3) is 5.91 Å². The van der Waals surface area contributed by atoms with Crippen LogP contribution in [0, 0.1) is 0 Å². The van der Waals surface area contributed by atoms with Crippen molar-refractivity contribution in [3.8, 4) is 0 Å². The third kappa shape index (κ3) is 5.03. The van der Waals surface area contributed by atoms with E-state index in [2.05, 4.69) is 34.5 Å². The minimum Gasteiger partial charge on any atom is -0.372 e. The average molecular weight is 442 g/mol. The van der Waals surface area contributed by atoms with Gasteiger partial charge in [-0.25, -0.2) is 8.42 Å². The lowest BCUT2D eigenvalue weighted by molar-refractivity contribution is 0.0940. The number of rotatable bonds is 5. The lowest BCUT2D eigenvalue weighted by atomic mass is 10.1. The number of carbonyl (C=O) groups excluding carboxylic acids is 1. The van der Waals surface area contributed by atoms with Crippen LogP contribution in [0.3, 0.4) is 0 Å². The van der Waals surface area contributed by atoms with Crippen LogP contribution in [0.5, 0.6) is 0 Å². The summed E-state index contributed by atoms with van der Waals surface area (Å²) in [6.45, 7) is 4.64. The molecule has 4 rings (SSSR count). The van der Waals surface area contributed by atoms with Crippen molar-refractivity contribution in [1.29, 1.82) is 0 Å². The molecule has 0 aliphatic carbocycles. The van der Waals surface area contributed by atoms with Gasteiger partial charge in [-0.3, -0.25) is 9.10 Å². The van der Waals surface area contributed by atoms with Gasteiger partial charge in [-0.15, -0.1) is 0 Å². The maximum atomic E-state index is 12.9. The predicted molar refractivity (Wildman–Crippen MR) is 125 cm³/mol. The molecule has 0 radical (unpaired) electrons. The van der Waals surface area contributed by atoms with E-state index in [-0.39, 0.29) is 17.7 Å². The van der Waals surface area contributed by atoms with Gasteiger partial charge in [0.2, 0.25) is 10.0 Å². The number of sulfonamides is 1. The highest BCUT2D eigenvalue weighted by Gasteiger charge is 2.26. The van der Waals surface area contributed by atoms with E-state index in [1.807, 2.05) is 6.92 Å². The van der Waals surface area contributed by atoms with Crippen LogP contribution in [0.2, 0.25) is 0 Å². The van der Waals surface area contributed by atoms with Crippen LogP contribution in [-0.4, -0.2) is 39.7 Å². The molecular weight excluding hydrogens is 410 g/mol. The zero-order chi connectivity index (χ0) is 21.8. The predicted octanol–water partition coefficient (Wildman–Crippen LogP) is 4.10. The second-order valence-electron chi connectivity index (χ2n) is 8.48. The molecule has 2 saturated heterocycles. The Morgan fingerprint density at radius 1 is 0.903 bits per heavy atom. The smallest absolute Gasteiger partial charge is 0.251 e. The third-order valence-corrected chi connectivity index (χ3v) is 8.08. The fourth-order valence-electron chi connectivity index (χ4n) is 4.37. The van der Waals surface area contributed by atoms with Gasteiger partial charge in [-0.05, 0) is 74.9 Å². The average Bonchev–Trinajstić information content (AvgIpc) is 2.79. The topological polar surface area (TPSA) is 69.7 Å².